The highest BCUT2D eigenvalue weighted by Crippen LogP contribution is 2.51. The van der Waals surface area contributed by atoms with Gasteiger partial charge in [0.15, 0.2) is 0 Å². The number of hydrogen-bond donors (Lipinski definition) is 2. The molecule has 0 atom stereocenters. The lowest BCUT2D eigenvalue weighted by atomic mass is 9.73. The topological polar surface area (TPSA) is 63.1 Å². The predicted octanol–water partition coefficient (Wildman–Crippen LogP) is 10.0. The number of aryl methyl sites for hydroxylation is 1. The molecule has 6 aromatic rings. The average molecular weight is 712 g/mol. The van der Waals surface area contributed by atoms with E-state index in [1.807, 2.05) is 59.3 Å². The number of benzene rings is 5. The number of amides is 2. The molecular weight excluding hydrogens is 680 g/mol. The third kappa shape index (κ3) is 6.54. The monoisotopic (exact) mass is 711 g/mol. The molecule has 0 bridgehead atoms. The number of nitrogens with zero attached hydrogens (tertiary/aromatic N) is 1. The van der Waals surface area contributed by atoms with E-state index >= 15 is 0 Å². The number of hydrogen-bond acceptors (Lipinski definition) is 2. The minimum atomic E-state index is -4.56. The summed E-state index contributed by atoms with van der Waals surface area (Å²) in [6.07, 6.45) is -6.43. The van der Waals surface area contributed by atoms with Crippen LogP contribution < -0.4 is 10.6 Å². The number of rotatable bonds is 9. The molecule has 0 unspecified atom stereocenters. The molecule has 0 saturated heterocycles. The van der Waals surface area contributed by atoms with Crippen LogP contribution in [-0.2, 0) is 22.9 Å². The van der Waals surface area contributed by atoms with Crippen LogP contribution >= 0.6 is 0 Å². The van der Waals surface area contributed by atoms with Crippen molar-refractivity contribution in [3.05, 3.63) is 150 Å². The van der Waals surface area contributed by atoms with E-state index < -0.39 is 41.7 Å². The zero-order valence-electron chi connectivity index (χ0n) is 27.5. The summed E-state index contributed by atoms with van der Waals surface area (Å²) in [6, 6.07) is 33.3. The molecule has 0 spiro atoms. The van der Waals surface area contributed by atoms with Gasteiger partial charge in [0.25, 0.3) is 5.91 Å². The Bertz CT molecular complexity index is 2240. The minimum absolute atomic E-state index is 0.261. The summed E-state index contributed by atoms with van der Waals surface area (Å²) in [4.78, 5) is 27.2. The SMILES string of the molecule is O=C(Nc1ccc2c(ccn2CCCC2(C(=O)NCC(F)(F)F)c3ccccc3-c3ccccc32)c1)c1ccccc1-c1ccc(C(F)(F)F)cc1. The van der Waals surface area contributed by atoms with Crippen LogP contribution in [0.15, 0.2) is 128 Å². The number of carbonyl (C=O) groups is 2. The van der Waals surface area contributed by atoms with Crippen molar-refractivity contribution < 1.29 is 35.9 Å². The maximum atomic E-state index is 13.8. The number of fused-ring (bicyclic) bond motifs is 4. The summed E-state index contributed by atoms with van der Waals surface area (Å²) in [5.41, 5.74) is 3.52. The smallest absolute Gasteiger partial charge is 0.347 e. The molecule has 52 heavy (non-hydrogen) atoms. The van der Waals surface area contributed by atoms with Gasteiger partial charge in [0.05, 0.1) is 5.56 Å². The molecule has 264 valence electrons. The highest BCUT2D eigenvalue weighted by atomic mass is 19.4. The number of anilines is 1. The molecule has 2 amide bonds. The number of aromatic nitrogens is 1. The highest BCUT2D eigenvalue weighted by Gasteiger charge is 2.49. The second-order valence-electron chi connectivity index (χ2n) is 12.8. The average Bonchev–Trinajstić information content (AvgIpc) is 3.66. The van der Waals surface area contributed by atoms with Crippen molar-refractivity contribution in [3.63, 3.8) is 0 Å². The molecular formula is C41H31F6N3O2. The summed E-state index contributed by atoms with van der Waals surface area (Å²) in [7, 11) is 0. The molecule has 5 nitrogen and oxygen atoms in total. The first-order valence-corrected chi connectivity index (χ1v) is 16.6. The van der Waals surface area contributed by atoms with Gasteiger partial charge in [-0.3, -0.25) is 9.59 Å². The summed E-state index contributed by atoms with van der Waals surface area (Å²) in [6.45, 7) is -0.964. The molecule has 1 aromatic heterocycles. The fourth-order valence-corrected chi connectivity index (χ4v) is 7.24. The van der Waals surface area contributed by atoms with Crippen molar-refractivity contribution in [2.45, 2.75) is 37.2 Å². The summed E-state index contributed by atoms with van der Waals surface area (Å²) in [5.74, 6) is -1.12. The zero-order valence-corrected chi connectivity index (χ0v) is 27.5. The van der Waals surface area contributed by atoms with Crippen molar-refractivity contribution in [2.75, 3.05) is 11.9 Å². The van der Waals surface area contributed by atoms with E-state index in [0.29, 0.717) is 46.5 Å². The van der Waals surface area contributed by atoms with Gasteiger partial charge in [-0.15, -0.1) is 0 Å². The van der Waals surface area contributed by atoms with E-state index in [9.17, 15) is 35.9 Å². The summed E-state index contributed by atoms with van der Waals surface area (Å²) in [5, 5.41) is 5.88. The van der Waals surface area contributed by atoms with Gasteiger partial charge >= 0.3 is 12.4 Å². The van der Waals surface area contributed by atoms with Crippen LogP contribution in [0.4, 0.5) is 32.0 Å². The zero-order chi connectivity index (χ0) is 36.7. The van der Waals surface area contributed by atoms with Gasteiger partial charge in [0.1, 0.15) is 12.0 Å². The Balaban J connectivity index is 1.10. The van der Waals surface area contributed by atoms with Gasteiger partial charge in [0, 0.05) is 34.9 Å². The van der Waals surface area contributed by atoms with Crippen molar-refractivity contribution >= 4 is 28.4 Å². The molecule has 0 saturated carbocycles. The Morgan fingerprint density at radius 2 is 1.31 bits per heavy atom. The first-order chi connectivity index (χ1) is 24.8. The van der Waals surface area contributed by atoms with Crippen LogP contribution in [0.2, 0.25) is 0 Å². The number of nitrogens with one attached hydrogen (secondary N) is 2. The van der Waals surface area contributed by atoms with Gasteiger partial charge in [0.2, 0.25) is 5.91 Å². The maximum absolute atomic E-state index is 13.8. The van der Waals surface area contributed by atoms with Crippen LogP contribution in [0.5, 0.6) is 0 Å². The summed E-state index contributed by atoms with van der Waals surface area (Å²) >= 11 is 0. The van der Waals surface area contributed by atoms with Crippen LogP contribution in [-0.4, -0.2) is 29.1 Å². The Morgan fingerprint density at radius 3 is 1.94 bits per heavy atom. The molecule has 2 N–H and O–H groups in total. The van der Waals surface area contributed by atoms with Crippen molar-refractivity contribution in [3.8, 4) is 22.3 Å². The van der Waals surface area contributed by atoms with Gasteiger partial charge < -0.3 is 15.2 Å². The number of alkyl halides is 6. The largest absolute Gasteiger partial charge is 0.416 e. The first kappa shape index (κ1) is 34.6. The second kappa shape index (κ2) is 13.4. The Kier molecular flexibility index (Phi) is 8.90. The fraction of sp³-hybridized carbons (Fsp3) is 0.171. The lowest BCUT2D eigenvalue weighted by Crippen LogP contribution is -2.47. The van der Waals surface area contributed by atoms with Crippen LogP contribution in [0.1, 0.15) is 39.9 Å². The van der Waals surface area contributed by atoms with Crippen LogP contribution in [0.25, 0.3) is 33.2 Å². The standard InChI is InChI=1S/C41H31F6N3O2/c42-40(43,44)25-48-38(52)39(34-12-5-3-9-31(34)32-10-4-6-13-35(32)39)21-7-22-50-23-20-27-24-29(18-19-36(27)50)49-37(51)33-11-2-1-8-30(33)26-14-16-28(17-15-26)41(45,46)47/h1-6,8-20,23-24H,7,21-22,25H2,(H,48,52)(H,49,51). The van der Waals surface area contributed by atoms with Gasteiger partial charge in [-0.1, -0.05) is 78.9 Å². The lowest BCUT2D eigenvalue weighted by molar-refractivity contribution is -0.141. The molecule has 0 fully saturated rings. The van der Waals surface area contributed by atoms with E-state index in [-0.39, 0.29) is 6.42 Å². The summed E-state index contributed by atoms with van der Waals surface area (Å²) < 4.78 is 81.0. The third-order valence-electron chi connectivity index (χ3n) is 9.58. The molecule has 0 aliphatic heterocycles. The second-order valence-corrected chi connectivity index (χ2v) is 12.8. The van der Waals surface area contributed by atoms with Crippen molar-refractivity contribution in [2.24, 2.45) is 0 Å². The van der Waals surface area contributed by atoms with Crippen molar-refractivity contribution in [1.29, 1.82) is 0 Å². The molecule has 5 aromatic carbocycles. The normalized spacial score (nSPS) is 13.4. The molecule has 7 rings (SSSR count). The van der Waals surface area contributed by atoms with E-state index in [4.69, 9.17) is 0 Å². The molecule has 0 radical (unpaired) electrons. The number of carbonyl (C=O) groups excluding carboxylic acids is 2. The van der Waals surface area contributed by atoms with E-state index in [1.165, 1.54) is 12.1 Å². The minimum Gasteiger partial charge on any atom is -0.347 e. The van der Waals surface area contributed by atoms with Crippen LogP contribution in [0.3, 0.4) is 0 Å². The number of halogens is 6. The Labute approximate surface area is 294 Å². The third-order valence-corrected chi connectivity index (χ3v) is 9.58. The Morgan fingerprint density at radius 1 is 0.692 bits per heavy atom. The van der Waals surface area contributed by atoms with Gasteiger partial charge in [-0.2, -0.15) is 26.3 Å². The predicted molar refractivity (Wildman–Crippen MR) is 188 cm³/mol. The van der Waals surface area contributed by atoms with Crippen LogP contribution in [0, 0.1) is 0 Å². The lowest BCUT2D eigenvalue weighted by Gasteiger charge is -2.31. The van der Waals surface area contributed by atoms with Crippen molar-refractivity contribution in [1.82, 2.24) is 9.88 Å². The highest BCUT2D eigenvalue weighted by molar-refractivity contribution is 6.09. The fourth-order valence-electron chi connectivity index (χ4n) is 7.24. The maximum Gasteiger partial charge on any atom is 0.416 e. The van der Waals surface area contributed by atoms with E-state index in [2.05, 4.69) is 10.6 Å². The first-order valence-electron chi connectivity index (χ1n) is 16.6. The van der Waals surface area contributed by atoms with Gasteiger partial charge in [-0.05, 0) is 88.7 Å². The van der Waals surface area contributed by atoms with Gasteiger partial charge in [-0.25, -0.2) is 0 Å². The quantitative estimate of drug-likeness (QED) is 0.147. The van der Waals surface area contributed by atoms with E-state index in [1.54, 1.807) is 48.5 Å². The van der Waals surface area contributed by atoms with E-state index in [0.717, 1.165) is 34.2 Å². The molecule has 11 heteroatoms. The molecule has 1 aliphatic carbocycles. The molecule has 1 aliphatic rings. The molecule has 1 heterocycles. The Hall–Kier alpha value is -5.84.